The summed E-state index contributed by atoms with van der Waals surface area (Å²) in [6, 6.07) is 0. The Morgan fingerprint density at radius 1 is 1.48 bits per heavy atom. The smallest absolute Gasteiger partial charge is 0.246 e. The van der Waals surface area contributed by atoms with Crippen LogP contribution in [0.15, 0.2) is 22.7 Å². The molecule has 0 aliphatic rings. The molecule has 2 rings (SSSR count). The van der Waals surface area contributed by atoms with Gasteiger partial charge in [0.15, 0.2) is 0 Å². The topological polar surface area (TPSA) is 94.1 Å². The summed E-state index contributed by atoms with van der Waals surface area (Å²) < 4.78 is 27.8. The van der Waals surface area contributed by atoms with Gasteiger partial charge in [0, 0.05) is 25.2 Å². The molecule has 2 aromatic rings. The van der Waals surface area contributed by atoms with Gasteiger partial charge in [-0.15, -0.1) is 11.3 Å². The van der Waals surface area contributed by atoms with E-state index in [4.69, 9.17) is 5.73 Å². The molecule has 0 spiro atoms. The Kier molecular flexibility index (Phi) is 5.09. The highest BCUT2D eigenvalue weighted by molar-refractivity contribution is 7.89. The number of aromatic nitrogens is 3. The number of thiazole rings is 1. The van der Waals surface area contributed by atoms with E-state index in [0.717, 1.165) is 17.1 Å². The SMILES string of the molecule is Cc1nc(CN(C)S(=O)(=O)c2cnn(CCCN)c2)cs1. The van der Waals surface area contributed by atoms with Gasteiger partial charge in [-0.25, -0.2) is 13.4 Å². The Morgan fingerprint density at radius 3 is 2.86 bits per heavy atom. The molecule has 0 saturated carbocycles. The van der Waals surface area contributed by atoms with Gasteiger partial charge in [-0.2, -0.15) is 9.40 Å². The molecule has 0 amide bonds. The third-order valence-electron chi connectivity index (χ3n) is 2.96. The van der Waals surface area contributed by atoms with Crippen LogP contribution < -0.4 is 5.73 Å². The molecule has 2 heterocycles. The highest BCUT2D eigenvalue weighted by Crippen LogP contribution is 2.17. The van der Waals surface area contributed by atoms with Crippen molar-refractivity contribution in [2.45, 2.75) is 31.3 Å². The number of nitrogens with two attached hydrogens (primary N) is 1. The molecule has 2 aromatic heterocycles. The second-order valence-electron chi connectivity index (χ2n) is 4.70. The van der Waals surface area contributed by atoms with Crippen molar-refractivity contribution in [2.75, 3.05) is 13.6 Å². The van der Waals surface area contributed by atoms with Gasteiger partial charge in [0.05, 0.1) is 23.4 Å². The molecular weight excluding hydrogens is 310 g/mol. The van der Waals surface area contributed by atoms with Crippen LogP contribution >= 0.6 is 11.3 Å². The molecule has 2 N–H and O–H groups in total. The van der Waals surface area contributed by atoms with Crippen LogP contribution in [0.5, 0.6) is 0 Å². The Hall–Kier alpha value is -1.29. The first-order valence-corrected chi connectivity index (χ1v) is 8.85. The molecule has 0 radical (unpaired) electrons. The molecular formula is C12H19N5O2S2. The molecule has 21 heavy (non-hydrogen) atoms. The van der Waals surface area contributed by atoms with Crippen LogP contribution in [0, 0.1) is 6.92 Å². The Balaban J connectivity index is 2.11. The number of sulfonamides is 1. The minimum Gasteiger partial charge on any atom is -0.330 e. The van der Waals surface area contributed by atoms with E-state index in [1.807, 2.05) is 12.3 Å². The molecule has 0 bridgehead atoms. The quantitative estimate of drug-likeness (QED) is 0.811. The van der Waals surface area contributed by atoms with Crippen LogP contribution in [0.2, 0.25) is 0 Å². The van der Waals surface area contributed by atoms with Crippen LogP contribution in [-0.2, 0) is 23.1 Å². The standard InChI is InChI=1S/C12H19N5O2S2/c1-10-15-11(9-20-10)7-16(2)21(18,19)12-6-14-17(8-12)5-3-4-13/h6,8-9H,3-5,7,13H2,1-2H3. The van der Waals surface area contributed by atoms with Crippen molar-refractivity contribution in [3.05, 3.63) is 28.5 Å². The van der Waals surface area contributed by atoms with Crippen LogP contribution in [0.3, 0.4) is 0 Å². The monoisotopic (exact) mass is 329 g/mol. The van der Waals surface area contributed by atoms with Gasteiger partial charge in [0.2, 0.25) is 10.0 Å². The predicted octanol–water partition coefficient (Wildman–Crippen LogP) is 0.818. The van der Waals surface area contributed by atoms with Crippen molar-refractivity contribution in [1.29, 1.82) is 0 Å². The summed E-state index contributed by atoms with van der Waals surface area (Å²) in [7, 11) is -2.01. The zero-order valence-electron chi connectivity index (χ0n) is 12.1. The van der Waals surface area contributed by atoms with E-state index >= 15 is 0 Å². The number of aryl methyl sites for hydroxylation is 2. The minimum atomic E-state index is -3.55. The average molecular weight is 329 g/mol. The Bertz CT molecular complexity index is 692. The summed E-state index contributed by atoms with van der Waals surface area (Å²) in [5, 5.41) is 6.84. The number of rotatable bonds is 7. The van der Waals surface area contributed by atoms with E-state index in [-0.39, 0.29) is 11.4 Å². The molecule has 116 valence electrons. The van der Waals surface area contributed by atoms with E-state index in [9.17, 15) is 8.42 Å². The summed E-state index contributed by atoms with van der Waals surface area (Å²) in [5.41, 5.74) is 6.18. The van der Waals surface area contributed by atoms with Gasteiger partial charge >= 0.3 is 0 Å². The Morgan fingerprint density at radius 2 is 2.24 bits per heavy atom. The first-order valence-electron chi connectivity index (χ1n) is 6.53. The summed E-state index contributed by atoms with van der Waals surface area (Å²) in [6.07, 6.45) is 3.66. The normalized spacial score (nSPS) is 12.2. The molecule has 0 aromatic carbocycles. The molecule has 9 heteroatoms. The first kappa shape index (κ1) is 16.1. The van der Waals surface area contributed by atoms with Crippen molar-refractivity contribution >= 4 is 21.4 Å². The molecule has 0 atom stereocenters. The average Bonchev–Trinajstić information content (AvgIpc) is 3.06. The number of nitrogens with zero attached hydrogens (tertiary/aromatic N) is 4. The lowest BCUT2D eigenvalue weighted by atomic mass is 10.4. The first-order chi connectivity index (χ1) is 9.93. The summed E-state index contributed by atoms with van der Waals surface area (Å²) in [4.78, 5) is 4.47. The van der Waals surface area contributed by atoms with E-state index < -0.39 is 10.0 Å². The molecule has 7 nitrogen and oxygen atoms in total. The van der Waals surface area contributed by atoms with Crippen molar-refractivity contribution in [2.24, 2.45) is 5.73 Å². The maximum Gasteiger partial charge on any atom is 0.246 e. The zero-order chi connectivity index (χ0) is 15.5. The second kappa shape index (κ2) is 6.65. The van der Waals surface area contributed by atoms with E-state index in [1.165, 1.54) is 28.0 Å². The fourth-order valence-corrected chi connectivity index (χ4v) is 3.53. The third-order valence-corrected chi connectivity index (χ3v) is 5.54. The van der Waals surface area contributed by atoms with Crippen LogP contribution in [0.1, 0.15) is 17.1 Å². The maximum atomic E-state index is 12.5. The minimum absolute atomic E-state index is 0.189. The number of hydrogen-bond acceptors (Lipinski definition) is 6. The lowest BCUT2D eigenvalue weighted by molar-refractivity contribution is 0.462. The van der Waals surface area contributed by atoms with Gasteiger partial charge < -0.3 is 5.73 Å². The lowest BCUT2D eigenvalue weighted by Gasteiger charge is -2.14. The second-order valence-corrected chi connectivity index (χ2v) is 7.81. The molecule has 0 fully saturated rings. The lowest BCUT2D eigenvalue weighted by Crippen LogP contribution is -2.26. The maximum absolute atomic E-state index is 12.5. The highest BCUT2D eigenvalue weighted by atomic mass is 32.2. The van der Waals surface area contributed by atoms with Crippen molar-refractivity contribution < 1.29 is 8.42 Å². The van der Waals surface area contributed by atoms with Crippen LogP contribution in [0.25, 0.3) is 0 Å². The third kappa shape index (κ3) is 3.88. The largest absolute Gasteiger partial charge is 0.330 e. The van der Waals surface area contributed by atoms with E-state index in [1.54, 1.807) is 11.7 Å². The molecule has 0 aliphatic heterocycles. The van der Waals surface area contributed by atoms with Gasteiger partial charge in [-0.3, -0.25) is 4.68 Å². The van der Waals surface area contributed by atoms with Crippen molar-refractivity contribution in [3.8, 4) is 0 Å². The van der Waals surface area contributed by atoms with Gasteiger partial charge in [0.1, 0.15) is 4.90 Å². The van der Waals surface area contributed by atoms with E-state index in [2.05, 4.69) is 10.1 Å². The van der Waals surface area contributed by atoms with E-state index in [0.29, 0.717) is 13.1 Å². The molecule has 0 saturated heterocycles. The molecule has 0 unspecified atom stereocenters. The summed E-state index contributed by atoms with van der Waals surface area (Å²) in [5.74, 6) is 0. The number of hydrogen-bond donors (Lipinski definition) is 1. The summed E-state index contributed by atoms with van der Waals surface area (Å²) in [6.45, 7) is 3.30. The highest BCUT2D eigenvalue weighted by Gasteiger charge is 2.23. The fraction of sp³-hybridized carbons (Fsp3) is 0.500. The molecule has 0 aliphatic carbocycles. The summed E-state index contributed by atoms with van der Waals surface area (Å²) >= 11 is 1.51. The van der Waals surface area contributed by atoms with Gasteiger partial charge in [0.25, 0.3) is 0 Å². The zero-order valence-corrected chi connectivity index (χ0v) is 13.7. The van der Waals surface area contributed by atoms with Crippen LogP contribution in [-0.4, -0.2) is 41.1 Å². The van der Waals surface area contributed by atoms with Crippen molar-refractivity contribution in [3.63, 3.8) is 0 Å². The van der Waals surface area contributed by atoms with Gasteiger partial charge in [-0.1, -0.05) is 0 Å². The predicted molar refractivity (Wildman–Crippen MR) is 81.4 cm³/mol. The van der Waals surface area contributed by atoms with Crippen molar-refractivity contribution in [1.82, 2.24) is 19.1 Å². The van der Waals surface area contributed by atoms with Gasteiger partial charge in [-0.05, 0) is 19.9 Å². The fourth-order valence-electron chi connectivity index (χ4n) is 1.83. The Labute approximate surface area is 128 Å². The van der Waals surface area contributed by atoms with Crippen LogP contribution in [0.4, 0.5) is 0 Å².